The standard InChI is InChI=1S/C18H20N4O4/c1-3-26-13-6-4-5-12(9-13)20-21-15-8-7-11(2)22-16(15)19-10-14(17(22)23)18(24)25/h4-6,9-11,20H,3,7-8H2,1-2H3,(H,24,25). The number of anilines is 1. The van der Waals surface area contributed by atoms with Crippen LogP contribution < -0.4 is 15.7 Å². The van der Waals surface area contributed by atoms with Gasteiger partial charge in [0, 0.05) is 18.3 Å². The predicted octanol–water partition coefficient (Wildman–Crippen LogP) is 2.51. The molecule has 0 aliphatic carbocycles. The SMILES string of the molecule is CCOc1cccc(NN=C2CCC(C)n3c2ncc(C(=O)O)c3=O)c1. The molecule has 0 saturated carbocycles. The third-order valence-corrected chi connectivity index (χ3v) is 4.19. The van der Waals surface area contributed by atoms with Crippen LogP contribution >= 0.6 is 0 Å². The molecule has 1 aliphatic rings. The number of hydrogen-bond acceptors (Lipinski definition) is 6. The van der Waals surface area contributed by atoms with E-state index in [1.165, 1.54) is 4.57 Å². The first-order valence-electron chi connectivity index (χ1n) is 8.42. The molecule has 1 atom stereocenters. The van der Waals surface area contributed by atoms with E-state index in [0.29, 0.717) is 31.0 Å². The Kier molecular flexibility index (Phi) is 5.01. The van der Waals surface area contributed by atoms with Crippen molar-refractivity contribution in [3.8, 4) is 5.75 Å². The van der Waals surface area contributed by atoms with Crippen molar-refractivity contribution in [3.63, 3.8) is 0 Å². The minimum atomic E-state index is -1.28. The van der Waals surface area contributed by atoms with Crippen LogP contribution in [0.5, 0.6) is 5.75 Å². The van der Waals surface area contributed by atoms with Gasteiger partial charge in [0.2, 0.25) is 0 Å². The summed E-state index contributed by atoms with van der Waals surface area (Å²) in [5.41, 5.74) is 3.43. The number of nitrogens with zero attached hydrogens (tertiary/aromatic N) is 3. The molecule has 1 aliphatic heterocycles. The van der Waals surface area contributed by atoms with Crippen molar-refractivity contribution in [1.82, 2.24) is 9.55 Å². The molecular formula is C18H20N4O4. The van der Waals surface area contributed by atoms with Gasteiger partial charge in [-0.05, 0) is 38.8 Å². The molecule has 2 N–H and O–H groups in total. The third kappa shape index (κ3) is 3.44. The fraction of sp³-hybridized carbons (Fsp3) is 0.333. The van der Waals surface area contributed by atoms with Crippen molar-refractivity contribution in [3.05, 3.63) is 52.2 Å². The molecule has 1 unspecified atom stereocenters. The summed E-state index contributed by atoms with van der Waals surface area (Å²) in [6.07, 6.45) is 2.41. The molecular weight excluding hydrogens is 336 g/mol. The van der Waals surface area contributed by atoms with E-state index in [9.17, 15) is 9.59 Å². The Morgan fingerprint density at radius 1 is 1.50 bits per heavy atom. The maximum absolute atomic E-state index is 12.5. The number of hydrazone groups is 1. The largest absolute Gasteiger partial charge is 0.494 e. The number of carboxylic acid groups (broad SMARTS) is 1. The maximum Gasteiger partial charge on any atom is 0.342 e. The normalized spacial score (nSPS) is 17.6. The van der Waals surface area contributed by atoms with Gasteiger partial charge in [-0.3, -0.25) is 14.8 Å². The summed E-state index contributed by atoms with van der Waals surface area (Å²) >= 11 is 0. The molecule has 0 fully saturated rings. The molecule has 0 amide bonds. The zero-order valence-corrected chi connectivity index (χ0v) is 14.6. The van der Waals surface area contributed by atoms with Crippen LogP contribution in [0.3, 0.4) is 0 Å². The third-order valence-electron chi connectivity index (χ3n) is 4.19. The molecule has 1 aromatic carbocycles. The zero-order valence-electron chi connectivity index (χ0n) is 14.6. The Morgan fingerprint density at radius 2 is 2.31 bits per heavy atom. The number of nitrogens with one attached hydrogen (secondary N) is 1. The van der Waals surface area contributed by atoms with Crippen molar-refractivity contribution in [2.24, 2.45) is 5.10 Å². The van der Waals surface area contributed by atoms with Crippen molar-refractivity contribution in [2.45, 2.75) is 32.7 Å². The van der Waals surface area contributed by atoms with E-state index in [0.717, 1.165) is 17.6 Å². The van der Waals surface area contributed by atoms with Crippen molar-refractivity contribution >= 4 is 17.4 Å². The maximum atomic E-state index is 12.5. The predicted molar refractivity (Wildman–Crippen MR) is 97.2 cm³/mol. The van der Waals surface area contributed by atoms with E-state index < -0.39 is 11.5 Å². The average Bonchev–Trinajstić information content (AvgIpc) is 2.61. The summed E-state index contributed by atoms with van der Waals surface area (Å²) in [6, 6.07) is 7.25. The quantitative estimate of drug-likeness (QED) is 0.798. The van der Waals surface area contributed by atoms with E-state index in [-0.39, 0.29) is 11.6 Å². The second-order valence-corrected chi connectivity index (χ2v) is 5.99. The highest BCUT2D eigenvalue weighted by molar-refractivity contribution is 5.99. The van der Waals surface area contributed by atoms with Crippen molar-refractivity contribution in [1.29, 1.82) is 0 Å². The van der Waals surface area contributed by atoms with Gasteiger partial charge in [-0.1, -0.05) is 6.07 Å². The number of aromatic carboxylic acids is 1. The smallest absolute Gasteiger partial charge is 0.342 e. The molecule has 136 valence electrons. The monoisotopic (exact) mass is 356 g/mol. The van der Waals surface area contributed by atoms with Gasteiger partial charge in [0.1, 0.15) is 17.0 Å². The van der Waals surface area contributed by atoms with Crippen LogP contribution in [0, 0.1) is 0 Å². The minimum Gasteiger partial charge on any atom is -0.494 e. The molecule has 0 radical (unpaired) electrons. The summed E-state index contributed by atoms with van der Waals surface area (Å²) in [6.45, 7) is 4.35. The van der Waals surface area contributed by atoms with Gasteiger partial charge < -0.3 is 9.84 Å². The Labute approximate surface area is 150 Å². The number of rotatable bonds is 5. The van der Waals surface area contributed by atoms with Crippen molar-refractivity contribution in [2.75, 3.05) is 12.0 Å². The lowest BCUT2D eigenvalue weighted by Gasteiger charge is -2.25. The fourth-order valence-corrected chi connectivity index (χ4v) is 2.88. The van der Waals surface area contributed by atoms with Gasteiger partial charge >= 0.3 is 5.97 Å². The molecule has 0 spiro atoms. The van der Waals surface area contributed by atoms with Crippen LogP contribution in [0.4, 0.5) is 5.69 Å². The first kappa shape index (κ1) is 17.7. The lowest BCUT2D eigenvalue weighted by molar-refractivity contribution is 0.0693. The van der Waals surface area contributed by atoms with Crippen LogP contribution in [0.15, 0.2) is 40.4 Å². The summed E-state index contributed by atoms with van der Waals surface area (Å²) < 4.78 is 6.86. The van der Waals surface area contributed by atoms with Gasteiger partial charge in [0.05, 0.1) is 12.3 Å². The molecule has 0 saturated heterocycles. The summed E-state index contributed by atoms with van der Waals surface area (Å²) in [5, 5.41) is 13.5. The lowest BCUT2D eigenvalue weighted by Crippen LogP contribution is -2.37. The molecule has 0 bridgehead atoms. The van der Waals surface area contributed by atoms with Gasteiger partial charge in [-0.25, -0.2) is 9.78 Å². The molecule has 8 nitrogen and oxygen atoms in total. The van der Waals surface area contributed by atoms with Crippen LogP contribution in [0.1, 0.15) is 48.9 Å². The lowest BCUT2D eigenvalue weighted by atomic mass is 10.0. The Morgan fingerprint density at radius 3 is 3.04 bits per heavy atom. The number of aromatic nitrogens is 2. The average molecular weight is 356 g/mol. The van der Waals surface area contributed by atoms with Crippen LogP contribution in [0.2, 0.25) is 0 Å². The number of benzene rings is 1. The fourth-order valence-electron chi connectivity index (χ4n) is 2.88. The van der Waals surface area contributed by atoms with Gasteiger partial charge in [0.15, 0.2) is 5.82 Å². The van der Waals surface area contributed by atoms with E-state index in [4.69, 9.17) is 9.84 Å². The summed E-state index contributed by atoms with van der Waals surface area (Å²) in [4.78, 5) is 27.8. The first-order valence-corrected chi connectivity index (χ1v) is 8.42. The number of ether oxygens (including phenoxy) is 1. The molecule has 2 heterocycles. The molecule has 2 aromatic rings. The Balaban J connectivity index is 1.94. The number of fused-ring (bicyclic) bond motifs is 1. The first-order chi connectivity index (χ1) is 12.5. The summed E-state index contributed by atoms with van der Waals surface area (Å²) in [7, 11) is 0. The zero-order chi connectivity index (χ0) is 18.7. The topological polar surface area (TPSA) is 106 Å². The van der Waals surface area contributed by atoms with E-state index in [1.54, 1.807) is 0 Å². The molecule has 3 rings (SSSR count). The van der Waals surface area contributed by atoms with Gasteiger partial charge in [-0.2, -0.15) is 5.10 Å². The van der Waals surface area contributed by atoms with Gasteiger partial charge in [0.25, 0.3) is 5.56 Å². The van der Waals surface area contributed by atoms with E-state index >= 15 is 0 Å². The van der Waals surface area contributed by atoms with Crippen LogP contribution in [-0.2, 0) is 0 Å². The highest BCUT2D eigenvalue weighted by atomic mass is 16.5. The summed E-state index contributed by atoms with van der Waals surface area (Å²) in [5.74, 6) is -0.150. The van der Waals surface area contributed by atoms with E-state index in [2.05, 4.69) is 15.5 Å². The number of carboxylic acids is 1. The second-order valence-electron chi connectivity index (χ2n) is 5.99. The van der Waals surface area contributed by atoms with Crippen molar-refractivity contribution < 1.29 is 14.6 Å². The number of hydrogen-bond donors (Lipinski definition) is 2. The van der Waals surface area contributed by atoms with E-state index in [1.807, 2.05) is 38.1 Å². The highest BCUT2D eigenvalue weighted by Gasteiger charge is 2.26. The Hall–Kier alpha value is -3.16. The Bertz CT molecular complexity index is 920. The molecule has 1 aromatic heterocycles. The van der Waals surface area contributed by atoms with Crippen LogP contribution in [-0.4, -0.2) is 32.9 Å². The molecule has 26 heavy (non-hydrogen) atoms. The second kappa shape index (κ2) is 7.38. The molecule has 8 heteroatoms. The highest BCUT2D eigenvalue weighted by Crippen LogP contribution is 2.23. The van der Waals surface area contributed by atoms with Crippen LogP contribution in [0.25, 0.3) is 0 Å². The minimum absolute atomic E-state index is 0.135. The van der Waals surface area contributed by atoms with Gasteiger partial charge in [-0.15, -0.1) is 0 Å². The number of carbonyl (C=O) groups is 1.